The molecule has 2 aromatic carbocycles. The number of fused-ring (bicyclic) bond motifs is 2. The molecule has 39 heavy (non-hydrogen) atoms. The van der Waals surface area contributed by atoms with E-state index >= 15 is 0 Å². The molecule has 2 aliphatic rings. The maximum atomic E-state index is 12.5. The molecule has 0 spiro atoms. The number of benzene rings is 2. The second kappa shape index (κ2) is 10.5. The molecule has 0 bridgehead atoms. The Morgan fingerprint density at radius 1 is 0.974 bits per heavy atom. The van der Waals surface area contributed by atoms with Crippen molar-refractivity contribution in [2.75, 3.05) is 39.3 Å². The van der Waals surface area contributed by atoms with Crippen molar-refractivity contribution in [1.82, 2.24) is 19.4 Å². The van der Waals surface area contributed by atoms with Crippen LogP contribution in [0, 0.1) is 0 Å². The van der Waals surface area contributed by atoms with Crippen molar-refractivity contribution in [3.63, 3.8) is 0 Å². The lowest BCUT2D eigenvalue weighted by atomic mass is 9.98. The number of hydrogen-bond donors (Lipinski definition) is 0. The van der Waals surface area contributed by atoms with Gasteiger partial charge in [-0.2, -0.15) is 0 Å². The number of piperazine rings is 1. The standard InChI is InChI=1S/C32H32N4O3/c1-3-36-16-15-35(21-31(36)37)17-18-39-25-11-7-22(8-12-25)29-14-10-24-19-23(9-13-30(24)33-29)28-20-34(2)32(38)27-6-4-5-26(27)28/h4-5,7-14,19-20H,3,6,15-18,21H2,1-2H3. The SMILES string of the molecule is CCN1CCN(CCOc2ccc(-c3ccc4cc(-c5cn(C)c(=O)c6c5C=CC6)ccc4n3)cc2)CC1=O. The number of carbonyl (C=O) groups is 1. The van der Waals surface area contributed by atoms with Crippen LogP contribution in [-0.2, 0) is 18.3 Å². The predicted molar refractivity (Wildman–Crippen MR) is 155 cm³/mol. The average molecular weight is 521 g/mol. The first-order valence-corrected chi connectivity index (χ1v) is 13.5. The van der Waals surface area contributed by atoms with Crippen molar-refractivity contribution in [2.24, 2.45) is 7.05 Å². The summed E-state index contributed by atoms with van der Waals surface area (Å²) in [6, 6.07) is 18.4. The van der Waals surface area contributed by atoms with Crippen LogP contribution in [0.15, 0.2) is 71.7 Å². The number of aromatic nitrogens is 2. The number of hydrogen-bond acceptors (Lipinski definition) is 5. The lowest BCUT2D eigenvalue weighted by Gasteiger charge is -2.33. The molecule has 7 nitrogen and oxygen atoms in total. The Labute approximate surface area is 228 Å². The van der Waals surface area contributed by atoms with Gasteiger partial charge >= 0.3 is 0 Å². The van der Waals surface area contributed by atoms with E-state index in [1.807, 2.05) is 61.5 Å². The number of carbonyl (C=O) groups excluding carboxylic acids is 1. The van der Waals surface area contributed by atoms with Crippen LogP contribution in [0.25, 0.3) is 39.4 Å². The number of pyridine rings is 2. The molecular formula is C32H32N4O3. The van der Waals surface area contributed by atoms with E-state index in [4.69, 9.17) is 9.72 Å². The van der Waals surface area contributed by atoms with Crippen molar-refractivity contribution >= 4 is 22.9 Å². The second-order valence-electron chi connectivity index (χ2n) is 10.2. The van der Waals surface area contributed by atoms with Crippen LogP contribution < -0.4 is 10.3 Å². The van der Waals surface area contributed by atoms with Gasteiger partial charge < -0.3 is 14.2 Å². The molecule has 1 fully saturated rings. The minimum atomic E-state index is 0.0734. The van der Waals surface area contributed by atoms with Gasteiger partial charge in [-0.25, -0.2) is 4.98 Å². The van der Waals surface area contributed by atoms with E-state index in [9.17, 15) is 9.59 Å². The molecule has 1 aliphatic carbocycles. The van der Waals surface area contributed by atoms with Gasteiger partial charge in [-0.3, -0.25) is 14.5 Å². The van der Waals surface area contributed by atoms with E-state index in [0.29, 0.717) is 19.6 Å². The Bertz CT molecular complexity index is 1640. The highest BCUT2D eigenvalue weighted by molar-refractivity contribution is 5.89. The van der Waals surface area contributed by atoms with E-state index < -0.39 is 0 Å². The minimum Gasteiger partial charge on any atom is -0.492 e. The first-order valence-electron chi connectivity index (χ1n) is 13.5. The molecule has 0 unspecified atom stereocenters. The van der Waals surface area contributed by atoms with Crippen molar-refractivity contribution in [3.8, 4) is 28.1 Å². The zero-order valence-electron chi connectivity index (χ0n) is 22.4. The summed E-state index contributed by atoms with van der Waals surface area (Å²) in [4.78, 5) is 33.5. The summed E-state index contributed by atoms with van der Waals surface area (Å²) in [5.74, 6) is 1.00. The monoisotopic (exact) mass is 520 g/mol. The largest absolute Gasteiger partial charge is 0.492 e. The number of ether oxygens (including phenoxy) is 1. The van der Waals surface area contributed by atoms with Crippen LogP contribution >= 0.6 is 0 Å². The average Bonchev–Trinajstić information content (AvgIpc) is 3.45. The number of likely N-dealkylation sites (N-methyl/N-ethyl adjacent to an activating group) is 1. The third kappa shape index (κ3) is 4.98. The first kappa shape index (κ1) is 25.1. The normalized spacial score (nSPS) is 15.2. The van der Waals surface area contributed by atoms with Crippen molar-refractivity contribution < 1.29 is 9.53 Å². The van der Waals surface area contributed by atoms with Crippen LogP contribution in [-0.4, -0.2) is 64.6 Å². The summed E-state index contributed by atoms with van der Waals surface area (Å²) in [5, 5.41) is 1.05. The third-order valence-electron chi connectivity index (χ3n) is 7.73. The van der Waals surface area contributed by atoms with Crippen molar-refractivity contribution in [1.29, 1.82) is 0 Å². The van der Waals surface area contributed by atoms with Gasteiger partial charge in [0.25, 0.3) is 5.56 Å². The van der Waals surface area contributed by atoms with Crippen LogP contribution in [0.3, 0.4) is 0 Å². The number of rotatable bonds is 7. The zero-order chi connectivity index (χ0) is 26.9. The molecule has 0 N–H and O–H groups in total. The smallest absolute Gasteiger partial charge is 0.254 e. The molecule has 1 aliphatic heterocycles. The fraction of sp³-hybridized carbons (Fsp3) is 0.281. The van der Waals surface area contributed by atoms with Gasteiger partial charge in [0.15, 0.2) is 0 Å². The number of allylic oxidation sites excluding steroid dienone is 1. The highest BCUT2D eigenvalue weighted by atomic mass is 16.5. The van der Waals surface area contributed by atoms with Gasteiger partial charge in [0.1, 0.15) is 12.4 Å². The second-order valence-corrected chi connectivity index (χ2v) is 10.2. The molecule has 2 aromatic heterocycles. The van der Waals surface area contributed by atoms with Gasteiger partial charge in [0.2, 0.25) is 5.91 Å². The summed E-state index contributed by atoms with van der Waals surface area (Å²) < 4.78 is 7.62. The quantitative estimate of drug-likeness (QED) is 0.362. The van der Waals surface area contributed by atoms with E-state index in [-0.39, 0.29) is 11.5 Å². The van der Waals surface area contributed by atoms with E-state index in [0.717, 1.165) is 76.3 Å². The fourth-order valence-corrected chi connectivity index (χ4v) is 5.48. The Balaban J connectivity index is 1.14. The van der Waals surface area contributed by atoms with E-state index in [2.05, 4.69) is 35.3 Å². The molecule has 0 atom stereocenters. The predicted octanol–water partition coefficient (Wildman–Crippen LogP) is 4.38. The van der Waals surface area contributed by atoms with Gasteiger partial charge in [0.05, 0.1) is 17.8 Å². The number of nitrogens with zero attached hydrogens (tertiary/aromatic N) is 4. The fourth-order valence-electron chi connectivity index (χ4n) is 5.48. The molecule has 7 heteroatoms. The lowest BCUT2D eigenvalue weighted by molar-refractivity contribution is -0.135. The third-order valence-corrected chi connectivity index (χ3v) is 7.73. The van der Waals surface area contributed by atoms with Crippen molar-refractivity contribution in [2.45, 2.75) is 13.3 Å². The zero-order valence-corrected chi connectivity index (χ0v) is 22.4. The van der Waals surface area contributed by atoms with Crippen LogP contribution in [0.4, 0.5) is 0 Å². The number of amides is 1. The highest BCUT2D eigenvalue weighted by Gasteiger charge is 2.22. The number of aryl methyl sites for hydroxylation is 1. The molecule has 1 saturated heterocycles. The summed E-state index contributed by atoms with van der Waals surface area (Å²) in [5.41, 5.74) is 6.95. The summed E-state index contributed by atoms with van der Waals surface area (Å²) >= 11 is 0. The van der Waals surface area contributed by atoms with Crippen molar-refractivity contribution in [3.05, 3.63) is 88.4 Å². The van der Waals surface area contributed by atoms with Gasteiger partial charge in [-0.15, -0.1) is 0 Å². The van der Waals surface area contributed by atoms with Crippen LogP contribution in [0.1, 0.15) is 18.1 Å². The Morgan fingerprint density at radius 2 is 1.79 bits per heavy atom. The first-order chi connectivity index (χ1) is 19.0. The maximum Gasteiger partial charge on any atom is 0.254 e. The molecule has 3 heterocycles. The Hall–Kier alpha value is -4.23. The minimum absolute atomic E-state index is 0.0734. The highest BCUT2D eigenvalue weighted by Crippen LogP contribution is 2.32. The lowest BCUT2D eigenvalue weighted by Crippen LogP contribution is -2.50. The molecule has 198 valence electrons. The van der Waals surface area contributed by atoms with Crippen LogP contribution in [0.2, 0.25) is 0 Å². The van der Waals surface area contributed by atoms with Gasteiger partial charge in [-0.1, -0.05) is 24.3 Å². The van der Waals surface area contributed by atoms with E-state index in [1.165, 1.54) is 0 Å². The summed E-state index contributed by atoms with van der Waals surface area (Å²) in [6.07, 6.45) is 6.72. The molecule has 6 rings (SSSR count). The summed E-state index contributed by atoms with van der Waals surface area (Å²) in [7, 11) is 1.81. The molecular weight excluding hydrogens is 488 g/mol. The van der Waals surface area contributed by atoms with Gasteiger partial charge in [-0.05, 0) is 66.9 Å². The van der Waals surface area contributed by atoms with Gasteiger partial charge in [0, 0.05) is 61.5 Å². The maximum absolute atomic E-state index is 12.5. The Kier molecular flexibility index (Phi) is 6.75. The molecule has 4 aromatic rings. The summed E-state index contributed by atoms with van der Waals surface area (Å²) in [6.45, 7) is 6.22. The molecule has 0 radical (unpaired) electrons. The van der Waals surface area contributed by atoms with E-state index in [1.54, 1.807) is 4.57 Å². The molecule has 0 saturated carbocycles. The molecule has 1 amide bonds. The Morgan fingerprint density at radius 3 is 2.59 bits per heavy atom. The van der Waals surface area contributed by atoms with Crippen LogP contribution in [0.5, 0.6) is 5.75 Å². The topological polar surface area (TPSA) is 67.7 Å².